The van der Waals surface area contributed by atoms with Crippen molar-refractivity contribution in [2.24, 2.45) is 11.8 Å². The molecule has 0 bridgehead atoms. The molecule has 2 atom stereocenters. The minimum atomic E-state index is 0.162. The van der Waals surface area contributed by atoms with E-state index in [2.05, 4.69) is 19.2 Å². The Bertz CT molecular complexity index is 444. The summed E-state index contributed by atoms with van der Waals surface area (Å²) in [4.78, 5) is 14.6. The van der Waals surface area contributed by atoms with E-state index in [4.69, 9.17) is 0 Å². The molecule has 1 aliphatic heterocycles. The van der Waals surface area contributed by atoms with Crippen LogP contribution in [0.1, 0.15) is 37.6 Å². The van der Waals surface area contributed by atoms with Crippen LogP contribution in [0.5, 0.6) is 0 Å². The lowest BCUT2D eigenvalue weighted by atomic mass is 9.88. The van der Waals surface area contributed by atoms with Crippen molar-refractivity contribution >= 4 is 11.6 Å². The lowest BCUT2D eigenvalue weighted by molar-refractivity contribution is 0.0628. The van der Waals surface area contributed by atoms with E-state index in [1.165, 1.54) is 0 Å². The first-order chi connectivity index (χ1) is 9.13. The Morgan fingerprint density at radius 1 is 1.32 bits per heavy atom. The number of rotatable bonds is 3. The van der Waals surface area contributed by atoms with E-state index in [9.17, 15) is 4.79 Å². The van der Waals surface area contributed by atoms with Crippen LogP contribution in [0, 0.1) is 11.8 Å². The average Bonchev–Trinajstić information content (AvgIpc) is 2.42. The number of carbonyl (C=O) groups excluding carboxylic acids is 1. The number of carbonyl (C=O) groups is 1. The van der Waals surface area contributed by atoms with Crippen LogP contribution < -0.4 is 5.32 Å². The normalized spacial score (nSPS) is 23.2. The van der Waals surface area contributed by atoms with E-state index in [1.807, 2.05) is 36.1 Å². The lowest BCUT2D eigenvalue weighted by Crippen LogP contribution is -2.42. The number of likely N-dealkylation sites (tertiary alicyclic amines) is 1. The van der Waals surface area contributed by atoms with Gasteiger partial charge in [0.25, 0.3) is 5.91 Å². The predicted molar refractivity (Wildman–Crippen MR) is 79.5 cm³/mol. The van der Waals surface area contributed by atoms with E-state index >= 15 is 0 Å². The number of para-hydroxylation sites is 1. The standard InChI is InChI=1S/C16H24N2O/c1-4-17-15-8-6-5-7-14(15)16(19)18-10-9-12(2)13(3)11-18/h5-8,12-13,17H,4,9-11H2,1-3H3. The molecule has 104 valence electrons. The van der Waals surface area contributed by atoms with Crippen LogP contribution >= 0.6 is 0 Å². The third-order valence-corrected chi connectivity index (χ3v) is 4.15. The van der Waals surface area contributed by atoms with Crippen molar-refractivity contribution in [2.75, 3.05) is 25.0 Å². The van der Waals surface area contributed by atoms with Crippen LogP contribution in [0.15, 0.2) is 24.3 Å². The second-order valence-corrected chi connectivity index (χ2v) is 5.57. The molecule has 2 unspecified atom stereocenters. The largest absolute Gasteiger partial charge is 0.385 e. The lowest BCUT2D eigenvalue weighted by Gasteiger charge is -2.35. The fraction of sp³-hybridized carbons (Fsp3) is 0.562. The quantitative estimate of drug-likeness (QED) is 0.905. The van der Waals surface area contributed by atoms with Crippen molar-refractivity contribution in [3.8, 4) is 0 Å². The maximum atomic E-state index is 12.6. The van der Waals surface area contributed by atoms with Crippen LogP contribution in [-0.4, -0.2) is 30.4 Å². The average molecular weight is 260 g/mol. The second kappa shape index (κ2) is 6.09. The Morgan fingerprint density at radius 3 is 2.74 bits per heavy atom. The molecule has 0 aliphatic carbocycles. The van der Waals surface area contributed by atoms with Crippen LogP contribution in [0.2, 0.25) is 0 Å². The highest BCUT2D eigenvalue weighted by Gasteiger charge is 2.27. The van der Waals surface area contributed by atoms with Gasteiger partial charge in [-0.3, -0.25) is 4.79 Å². The topological polar surface area (TPSA) is 32.3 Å². The zero-order chi connectivity index (χ0) is 13.8. The first-order valence-electron chi connectivity index (χ1n) is 7.25. The number of hydrogen-bond acceptors (Lipinski definition) is 2. The maximum absolute atomic E-state index is 12.6. The monoisotopic (exact) mass is 260 g/mol. The third-order valence-electron chi connectivity index (χ3n) is 4.15. The molecule has 1 fully saturated rings. The minimum Gasteiger partial charge on any atom is -0.385 e. The van der Waals surface area contributed by atoms with E-state index in [0.29, 0.717) is 11.8 Å². The van der Waals surface area contributed by atoms with E-state index < -0.39 is 0 Å². The smallest absolute Gasteiger partial charge is 0.255 e. The zero-order valence-electron chi connectivity index (χ0n) is 12.1. The van der Waals surface area contributed by atoms with Crippen molar-refractivity contribution in [1.29, 1.82) is 0 Å². The summed E-state index contributed by atoms with van der Waals surface area (Å²) in [6.45, 7) is 9.15. The Balaban J connectivity index is 2.15. The number of nitrogens with one attached hydrogen (secondary N) is 1. The van der Waals surface area contributed by atoms with Crippen molar-refractivity contribution in [3.63, 3.8) is 0 Å². The van der Waals surface area contributed by atoms with Gasteiger partial charge in [0, 0.05) is 25.3 Å². The summed E-state index contributed by atoms with van der Waals surface area (Å²) in [5, 5.41) is 3.27. The highest BCUT2D eigenvalue weighted by atomic mass is 16.2. The first-order valence-corrected chi connectivity index (χ1v) is 7.25. The zero-order valence-corrected chi connectivity index (χ0v) is 12.1. The molecule has 1 saturated heterocycles. The predicted octanol–water partition coefficient (Wildman–Crippen LogP) is 3.24. The molecule has 3 nitrogen and oxygen atoms in total. The summed E-state index contributed by atoms with van der Waals surface area (Å²) >= 11 is 0. The highest BCUT2D eigenvalue weighted by molar-refractivity contribution is 5.99. The molecule has 0 spiro atoms. The molecule has 1 amide bonds. The molecule has 0 radical (unpaired) electrons. The number of piperidine rings is 1. The molecule has 2 rings (SSSR count). The van der Waals surface area contributed by atoms with Gasteiger partial charge in [-0.05, 0) is 37.3 Å². The maximum Gasteiger partial charge on any atom is 0.255 e. The molecule has 19 heavy (non-hydrogen) atoms. The molecule has 0 aromatic heterocycles. The Morgan fingerprint density at radius 2 is 2.05 bits per heavy atom. The minimum absolute atomic E-state index is 0.162. The van der Waals surface area contributed by atoms with Gasteiger partial charge >= 0.3 is 0 Å². The summed E-state index contributed by atoms with van der Waals surface area (Å²) in [6.07, 6.45) is 1.11. The highest BCUT2D eigenvalue weighted by Crippen LogP contribution is 2.25. The van der Waals surface area contributed by atoms with E-state index in [0.717, 1.165) is 37.3 Å². The van der Waals surface area contributed by atoms with Gasteiger partial charge in [0.05, 0.1) is 5.56 Å². The van der Waals surface area contributed by atoms with Crippen LogP contribution in [0.3, 0.4) is 0 Å². The van der Waals surface area contributed by atoms with Crippen molar-refractivity contribution < 1.29 is 4.79 Å². The fourth-order valence-corrected chi connectivity index (χ4v) is 2.63. The van der Waals surface area contributed by atoms with Crippen molar-refractivity contribution in [1.82, 2.24) is 4.90 Å². The summed E-state index contributed by atoms with van der Waals surface area (Å²) in [6, 6.07) is 7.80. The van der Waals surface area contributed by atoms with Gasteiger partial charge in [-0.25, -0.2) is 0 Å². The molecule has 1 aromatic carbocycles. The third kappa shape index (κ3) is 3.09. The van der Waals surface area contributed by atoms with Gasteiger partial charge in [0.1, 0.15) is 0 Å². The molecule has 1 N–H and O–H groups in total. The SMILES string of the molecule is CCNc1ccccc1C(=O)N1CCC(C)C(C)C1. The van der Waals surface area contributed by atoms with Gasteiger partial charge in [-0.15, -0.1) is 0 Å². The number of amides is 1. The van der Waals surface area contributed by atoms with E-state index in [-0.39, 0.29) is 5.91 Å². The Kier molecular flexibility index (Phi) is 4.46. The summed E-state index contributed by atoms with van der Waals surface area (Å²) in [7, 11) is 0. The molecule has 1 aromatic rings. The van der Waals surface area contributed by atoms with Crippen molar-refractivity contribution in [2.45, 2.75) is 27.2 Å². The molecule has 1 aliphatic rings. The Labute approximate surface area is 116 Å². The van der Waals surface area contributed by atoms with Gasteiger partial charge in [-0.1, -0.05) is 26.0 Å². The fourth-order valence-electron chi connectivity index (χ4n) is 2.63. The first kappa shape index (κ1) is 13.9. The van der Waals surface area contributed by atoms with Crippen LogP contribution in [0.25, 0.3) is 0 Å². The van der Waals surface area contributed by atoms with Gasteiger partial charge in [0.2, 0.25) is 0 Å². The van der Waals surface area contributed by atoms with Crippen LogP contribution in [0.4, 0.5) is 5.69 Å². The van der Waals surface area contributed by atoms with Gasteiger partial charge < -0.3 is 10.2 Å². The molecule has 0 saturated carbocycles. The molecular formula is C16H24N2O. The summed E-state index contributed by atoms with van der Waals surface area (Å²) < 4.78 is 0. The van der Waals surface area contributed by atoms with Gasteiger partial charge in [-0.2, -0.15) is 0 Å². The number of benzene rings is 1. The number of nitrogens with zero attached hydrogens (tertiary/aromatic N) is 1. The molecule has 1 heterocycles. The van der Waals surface area contributed by atoms with Crippen LogP contribution in [-0.2, 0) is 0 Å². The molecular weight excluding hydrogens is 236 g/mol. The summed E-state index contributed by atoms with van der Waals surface area (Å²) in [5.74, 6) is 1.47. The van der Waals surface area contributed by atoms with Crippen molar-refractivity contribution in [3.05, 3.63) is 29.8 Å². The van der Waals surface area contributed by atoms with Gasteiger partial charge in [0.15, 0.2) is 0 Å². The molecule has 3 heteroatoms. The van der Waals surface area contributed by atoms with E-state index in [1.54, 1.807) is 0 Å². The Hall–Kier alpha value is -1.51. The second-order valence-electron chi connectivity index (χ2n) is 5.57. The number of hydrogen-bond donors (Lipinski definition) is 1. The number of anilines is 1. The summed E-state index contributed by atoms with van der Waals surface area (Å²) in [5.41, 5.74) is 1.74.